The Balaban J connectivity index is 1.38. The van der Waals surface area contributed by atoms with E-state index in [1.165, 1.54) is 16.9 Å². The van der Waals surface area contributed by atoms with Gasteiger partial charge in [-0.3, -0.25) is 9.59 Å². The molecule has 1 aromatic carbocycles. The van der Waals surface area contributed by atoms with Gasteiger partial charge in [0.25, 0.3) is 5.91 Å². The number of ether oxygens (including phenoxy) is 2. The van der Waals surface area contributed by atoms with Crippen LogP contribution in [0.25, 0.3) is 0 Å². The average Bonchev–Trinajstić information content (AvgIpc) is 3.31. The van der Waals surface area contributed by atoms with Crippen LogP contribution in [0.1, 0.15) is 33.6 Å². The summed E-state index contributed by atoms with van der Waals surface area (Å²) in [5.74, 6) is 1.70. The van der Waals surface area contributed by atoms with Gasteiger partial charge in [-0.15, -0.1) is 11.3 Å². The van der Waals surface area contributed by atoms with Crippen molar-refractivity contribution in [1.82, 2.24) is 9.80 Å². The molecule has 0 aliphatic carbocycles. The van der Waals surface area contributed by atoms with E-state index in [-0.39, 0.29) is 17.7 Å². The molecule has 2 aromatic rings. The molecule has 2 aliphatic rings. The third-order valence-electron chi connectivity index (χ3n) is 5.89. The Hall–Kier alpha value is -2.54. The fourth-order valence-electron chi connectivity index (χ4n) is 4.22. The molecule has 4 rings (SSSR count). The highest BCUT2D eigenvalue weighted by Crippen LogP contribution is 2.34. The van der Waals surface area contributed by atoms with Gasteiger partial charge >= 0.3 is 0 Å². The summed E-state index contributed by atoms with van der Waals surface area (Å²) in [7, 11) is 3.26. The first-order valence-electron chi connectivity index (χ1n) is 9.96. The molecule has 7 heteroatoms. The molecule has 6 nitrogen and oxygen atoms in total. The monoisotopic (exact) mass is 414 g/mol. The molecule has 0 radical (unpaired) electrons. The molecule has 0 spiro atoms. The van der Waals surface area contributed by atoms with E-state index in [0.29, 0.717) is 25.4 Å². The zero-order valence-corrected chi connectivity index (χ0v) is 17.7. The van der Waals surface area contributed by atoms with Crippen molar-refractivity contribution in [3.63, 3.8) is 0 Å². The van der Waals surface area contributed by atoms with Crippen molar-refractivity contribution in [3.8, 4) is 11.5 Å². The Morgan fingerprint density at radius 1 is 1.00 bits per heavy atom. The van der Waals surface area contributed by atoms with Crippen molar-refractivity contribution >= 4 is 23.2 Å². The summed E-state index contributed by atoms with van der Waals surface area (Å²) in [4.78, 5) is 30.2. The molecule has 29 heavy (non-hydrogen) atoms. The number of likely N-dealkylation sites (tertiary alicyclic amines) is 1. The minimum absolute atomic E-state index is 0.0101. The fraction of sp³-hybridized carbons (Fsp3) is 0.455. The summed E-state index contributed by atoms with van der Waals surface area (Å²) >= 11 is 1.47. The normalized spacial score (nSPS) is 17.0. The van der Waals surface area contributed by atoms with Gasteiger partial charge in [0.15, 0.2) is 11.5 Å². The molecule has 3 heterocycles. The number of fused-ring (bicyclic) bond motifs is 1. The van der Waals surface area contributed by atoms with Crippen molar-refractivity contribution in [2.75, 3.05) is 33.9 Å². The van der Waals surface area contributed by atoms with E-state index in [1.54, 1.807) is 14.2 Å². The van der Waals surface area contributed by atoms with E-state index in [0.717, 1.165) is 42.0 Å². The Kier molecular flexibility index (Phi) is 5.76. The Morgan fingerprint density at radius 3 is 2.31 bits per heavy atom. The maximum Gasteiger partial charge on any atom is 0.263 e. The summed E-state index contributed by atoms with van der Waals surface area (Å²) in [6.07, 6.45) is 2.27. The zero-order chi connectivity index (χ0) is 20.4. The van der Waals surface area contributed by atoms with Crippen molar-refractivity contribution in [1.29, 1.82) is 0 Å². The fourth-order valence-corrected chi connectivity index (χ4v) is 4.91. The number of hydrogen-bond acceptors (Lipinski definition) is 5. The van der Waals surface area contributed by atoms with Crippen LogP contribution in [0.4, 0.5) is 0 Å². The predicted molar refractivity (Wildman–Crippen MR) is 112 cm³/mol. The molecule has 1 fully saturated rings. The summed E-state index contributed by atoms with van der Waals surface area (Å²) in [5.41, 5.74) is 2.33. The van der Waals surface area contributed by atoms with Gasteiger partial charge in [-0.2, -0.15) is 0 Å². The highest BCUT2D eigenvalue weighted by Gasteiger charge is 2.32. The summed E-state index contributed by atoms with van der Waals surface area (Å²) < 4.78 is 10.8. The van der Waals surface area contributed by atoms with Crippen molar-refractivity contribution in [2.24, 2.45) is 5.92 Å². The van der Waals surface area contributed by atoms with Crippen LogP contribution in [0.5, 0.6) is 11.5 Å². The van der Waals surface area contributed by atoms with Gasteiger partial charge in [0.2, 0.25) is 5.91 Å². The number of thiophene rings is 1. The minimum atomic E-state index is -0.0101. The maximum atomic E-state index is 13.1. The lowest BCUT2D eigenvalue weighted by Crippen LogP contribution is -2.45. The van der Waals surface area contributed by atoms with E-state index < -0.39 is 0 Å². The van der Waals surface area contributed by atoms with Crippen molar-refractivity contribution < 1.29 is 19.1 Å². The third-order valence-corrected chi connectivity index (χ3v) is 6.75. The van der Waals surface area contributed by atoms with Crippen LogP contribution in [0.3, 0.4) is 0 Å². The first kappa shape index (κ1) is 19.8. The van der Waals surface area contributed by atoms with Crippen LogP contribution in [-0.4, -0.2) is 55.5 Å². The summed E-state index contributed by atoms with van der Waals surface area (Å²) in [5, 5.41) is 1.92. The number of piperidine rings is 1. The topological polar surface area (TPSA) is 59.1 Å². The Labute approximate surface area is 175 Å². The molecule has 2 aliphatic heterocycles. The molecule has 1 saturated heterocycles. The third kappa shape index (κ3) is 3.96. The van der Waals surface area contributed by atoms with E-state index in [4.69, 9.17) is 9.47 Å². The summed E-state index contributed by atoms with van der Waals surface area (Å²) in [6, 6.07) is 7.76. The van der Waals surface area contributed by atoms with Gasteiger partial charge in [-0.25, -0.2) is 0 Å². The lowest BCUT2D eigenvalue weighted by atomic mass is 9.92. The van der Waals surface area contributed by atoms with Gasteiger partial charge in [0.05, 0.1) is 19.1 Å². The number of benzene rings is 1. The Bertz CT molecular complexity index is 888. The van der Waals surface area contributed by atoms with E-state index in [1.807, 2.05) is 39.4 Å². The number of nitrogens with zero attached hydrogens (tertiary/aromatic N) is 2. The largest absolute Gasteiger partial charge is 0.493 e. The van der Waals surface area contributed by atoms with Crippen LogP contribution in [0, 0.1) is 5.92 Å². The smallest absolute Gasteiger partial charge is 0.263 e. The van der Waals surface area contributed by atoms with Gasteiger partial charge in [-0.1, -0.05) is 6.07 Å². The number of amides is 2. The highest BCUT2D eigenvalue weighted by atomic mass is 32.1. The standard InChI is InChI=1S/C22H26N2O4S/c1-27-18-12-16-7-10-24(14-17(16)13-19(18)28-2)21(25)15-5-8-23(9-6-15)22(26)20-4-3-11-29-20/h3-4,11-13,15H,5-10,14H2,1-2H3. The van der Waals surface area contributed by atoms with Crippen LogP contribution in [0.15, 0.2) is 29.6 Å². The molecule has 0 atom stereocenters. The second-order valence-electron chi connectivity index (χ2n) is 7.53. The first-order chi connectivity index (χ1) is 14.1. The average molecular weight is 415 g/mol. The van der Waals surface area contributed by atoms with E-state index in [2.05, 4.69) is 0 Å². The number of carbonyl (C=O) groups excluding carboxylic acids is 2. The predicted octanol–water partition coefficient (Wildman–Crippen LogP) is 3.20. The van der Waals surface area contributed by atoms with Crippen molar-refractivity contribution in [2.45, 2.75) is 25.8 Å². The number of rotatable bonds is 4. The molecule has 2 amide bonds. The van der Waals surface area contributed by atoms with Crippen LogP contribution >= 0.6 is 11.3 Å². The van der Waals surface area contributed by atoms with E-state index in [9.17, 15) is 9.59 Å². The molecule has 1 aromatic heterocycles. The van der Waals surface area contributed by atoms with Crippen LogP contribution < -0.4 is 9.47 Å². The number of carbonyl (C=O) groups is 2. The zero-order valence-electron chi connectivity index (χ0n) is 16.8. The van der Waals surface area contributed by atoms with Crippen molar-refractivity contribution in [3.05, 3.63) is 45.6 Å². The van der Waals surface area contributed by atoms with Crippen LogP contribution in [-0.2, 0) is 17.8 Å². The number of hydrogen-bond donors (Lipinski definition) is 0. The SMILES string of the molecule is COc1cc2c(cc1OC)CN(C(=O)C1CCN(C(=O)c3cccs3)CC1)CC2. The highest BCUT2D eigenvalue weighted by molar-refractivity contribution is 7.12. The second-order valence-corrected chi connectivity index (χ2v) is 8.48. The lowest BCUT2D eigenvalue weighted by molar-refractivity contribution is -0.137. The molecule has 154 valence electrons. The number of methoxy groups -OCH3 is 2. The molecular formula is C22H26N2O4S. The maximum absolute atomic E-state index is 13.1. The molecule has 0 unspecified atom stereocenters. The van der Waals surface area contributed by atoms with E-state index >= 15 is 0 Å². The second kappa shape index (κ2) is 8.45. The van der Waals surface area contributed by atoms with Gasteiger partial charge < -0.3 is 19.3 Å². The Morgan fingerprint density at radius 2 is 1.69 bits per heavy atom. The molecular weight excluding hydrogens is 388 g/mol. The molecule has 0 N–H and O–H groups in total. The molecule has 0 saturated carbocycles. The van der Waals surface area contributed by atoms with Gasteiger partial charge in [0.1, 0.15) is 0 Å². The quantitative estimate of drug-likeness (QED) is 0.771. The van der Waals surface area contributed by atoms with Crippen LogP contribution in [0.2, 0.25) is 0 Å². The van der Waals surface area contributed by atoms with Gasteiger partial charge in [-0.05, 0) is 54.0 Å². The molecule has 0 bridgehead atoms. The minimum Gasteiger partial charge on any atom is -0.493 e. The first-order valence-corrected chi connectivity index (χ1v) is 10.8. The summed E-state index contributed by atoms with van der Waals surface area (Å²) in [6.45, 7) is 2.60. The lowest BCUT2D eigenvalue weighted by Gasteiger charge is -2.36. The van der Waals surface area contributed by atoms with Gasteiger partial charge in [0, 0.05) is 32.1 Å².